The third-order valence-corrected chi connectivity index (χ3v) is 7.38. The van der Waals surface area contributed by atoms with Crippen LogP contribution >= 0.6 is 15.9 Å². The fraction of sp³-hybridized carbons (Fsp3) is 0.414. The van der Waals surface area contributed by atoms with Gasteiger partial charge in [-0.05, 0) is 83.9 Å². The van der Waals surface area contributed by atoms with Crippen LogP contribution in [-0.2, 0) is 11.4 Å². The van der Waals surface area contributed by atoms with Gasteiger partial charge >= 0.3 is 0 Å². The molecule has 188 valence electrons. The monoisotopic (exact) mass is 550 g/mol. The molecule has 0 saturated heterocycles. The Kier molecular flexibility index (Phi) is 8.15. The van der Waals surface area contributed by atoms with Crippen LogP contribution in [-0.4, -0.2) is 23.2 Å². The van der Waals surface area contributed by atoms with E-state index in [0.29, 0.717) is 40.5 Å². The number of halogens is 1. The molecule has 2 aliphatic rings. The van der Waals surface area contributed by atoms with Crippen molar-refractivity contribution in [2.24, 2.45) is 16.8 Å². The van der Waals surface area contributed by atoms with Gasteiger partial charge in [-0.3, -0.25) is 9.79 Å². The Labute approximate surface area is 220 Å². The lowest BCUT2D eigenvalue weighted by Crippen LogP contribution is -2.32. The molecule has 36 heavy (non-hydrogen) atoms. The van der Waals surface area contributed by atoms with Gasteiger partial charge in [0.05, 0.1) is 23.1 Å². The van der Waals surface area contributed by atoms with Crippen molar-refractivity contribution in [2.45, 2.75) is 59.0 Å². The molecule has 0 fully saturated rings. The Morgan fingerprint density at radius 3 is 2.69 bits per heavy atom. The molecule has 0 saturated carbocycles. The lowest BCUT2D eigenvalue weighted by Gasteiger charge is -2.35. The van der Waals surface area contributed by atoms with Crippen LogP contribution in [0.4, 0.5) is 0 Å². The van der Waals surface area contributed by atoms with Gasteiger partial charge in [-0.25, -0.2) is 0 Å². The van der Waals surface area contributed by atoms with Crippen molar-refractivity contribution < 1.29 is 19.4 Å². The van der Waals surface area contributed by atoms with Gasteiger partial charge in [0.1, 0.15) is 12.4 Å². The predicted octanol–water partition coefficient (Wildman–Crippen LogP) is 6.86. The Morgan fingerprint density at radius 1 is 1.19 bits per heavy atom. The average molecular weight is 551 g/mol. The maximum absolute atomic E-state index is 13.4. The Morgan fingerprint density at radius 2 is 2.00 bits per heavy atom. The molecule has 2 aromatic carbocycles. The molecule has 1 aliphatic carbocycles. The van der Waals surface area contributed by atoms with Crippen molar-refractivity contribution in [3.05, 3.63) is 63.3 Å². The van der Waals surface area contributed by atoms with E-state index in [4.69, 9.17) is 14.5 Å². The highest BCUT2D eigenvalue weighted by molar-refractivity contribution is 9.10. The number of rotatable bonds is 8. The molecule has 2 aromatic rings. The van der Waals surface area contributed by atoms with Crippen molar-refractivity contribution in [1.82, 2.24) is 0 Å². The molecule has 0 aromatic heterocycles. The highest BCUT2D eigenvalue weighted by atomic mass is 79.9. The van der Waals surface area contributed by atoms with Crippen LogP contribution in [0, 0.1) is 23.2 Å². The van der Waals surface area contributed by atoms with Crippen LogP contribution in [0.5, 0.6) is 17.2 Å². The standard InChI is InChI=1S/C29H31BrN2O4/c1-4-7-18-11-24-28(25(34)12-18)27(22(15-31)17(3)32-24)20-13-23(30)29(26(14-20)35-5-2)36-16-19-8-6-9-21(33)10-19/h6,8-10,13-14,18,22,27,33H,4-5,7,11-12,16H2,1-3H3. The van der Waals surface area contributed by atoms with E-state index in [1.165, 1.54) is 0 Å². The number of aromatic hydroxyl groups is 1. The van der Waals surface area contributed by atoms with E-state index in [9.17, 15) is 15.2 Å². The zero-order chi connectivity index (χ0) is 25.8. The number of benzene rings is 2. The number of hydrogen-bond donors (Lipinski definition) is 1. The Balaban J connectivity index is 1.74. The van der Waals surface area contributed by atoms with Gasteiger partial charge < -0.3 is 14.6 Å². The smallest absolute Gasteiger partial charge is 0.175 e. The summed E-state index contributed by atoms with van der Waals surface area (Å²) in [6.07, 6.45) is 3.29. The lowest BCUT2D eigenvalue weighted by molar-refractivity contribution is -0.117. The first-order valence-electron chi connectivity index (χ1n) is 12.4. The second kappa shape index (κ2) is 11.3. The number of Topliss-reactive ketones (excluding diaryl/α,β-unsaturated/α-hetero) is 1. The van der Waals surface area contributed by atoms with E-state index in [0.717, 1.165) is 41.8 Å². The first-order chi connectivity index (χ1) is 17.4. The largest absolute Gasteiger partial charge is 0.508 e. The second-order valence-electron chi connectivity index (χ2n) is 9.41. The molecule has 0 spiro atoms. The molecule has 0 radical (unpaired) electrons. The molecular weight excluding hydrogens is 520 g/mol. The molecule has 1 N–H and O–H groups in total. The summed E-state index contributed by atoms with van der Waals surface area (Å²) in [6, 6.07) is 13.1. The zero-order valence-electron chi connectivity index (χ0n) is 20.9. The van der Waals surface area contributed by atoms with Gasteiger partial charge in [0.2, 0.25) is 0 Å². The molecular formula is C29H31BrN2O4. The summed E-state index contributed by atoms with van der Waals surface area (Å²) in [5, 5.41) is 19.8. The number of ketones is 1. The van der Waals surface area contributed by atoms with Crippen molar-refractivity contribution in [1.29, 1.82) is 5.26 Å². The highest BCUT2D eigenvalue weighted by Gasteiger charge is 2.41. The number of hydrogen-bond acceptors (Lipinski definition) is 6. The summed E-state index contributed by atoms with van der Waals surface area (Å²) in [4.78, 5) is 18.1. The Bertz CT molecular complexity index is 1260. The van der Waals surface area contributed by atoms with E-state index in [-0.39, 0.29) is 18.1 Å². The highest BCUT2D eigenvalue weighted by Crippen LogP contribution is 2.48. The first-order valence-corrected chi connectivity index (χ1v) is 13.2. The summed E-state index contributed by atoms with van der Waals surface area (Å²) < 4.78 is 12.7. The number of nitriles is 1. The molecule has 6 nitrogen and oxygen atoms in total. The summed E-state index contributed by atoms with van der Waals surface area (Å²) in [5.41, 5.74) is 3.88. The summed E-state index contributed by atoms with van der Waals surface area (Å²) in [5.74, 6) is 0.698. The summed E-state index contributed by atoms with van der Waals surface area (Å²) in [7, 11) is 0. The third kappa shape index (κ3) is 5.34. The summed E-state index contributed by atoms with van der Waals surface area (Å²) >= 11 is 3.64. The van der Waals surface area contributed by atoms with E-state index in [2.05, 4.69) is 28.9 Å². The zero-order valence-corrected chi connectivity index (χ0v) is 22.5. The molecule has 3 atom stereocenters. The Hall–Kier alpha value is -3.11. The molecule has 7 heteroatoms. The van der Waals surface area contributed by atoms with Crippen LogP contribution in [0.15, 0.2) is 57.1 Å². The number of phenols is 1. The van der Waals surface area contributed by atoms with Crippen LogP contribution in [0.25, 0.3) is 0 Å². The number of ether oxygens (including phenoxy) is 2. The van der Waals surface area contributed by atoms with Gasteiger partial charge in [0.25, 0.3) is 0 Å². The van der Waals surface area contributed by atoms with Crippen LogP contribution in [0.3, 0.4) is 0 Å². The number of carbonyl (C=O) groups excluding carboxylic acids is 1. The molecule has 3 unspecified atom stereocenters. The fourth-order valence-electron chi connectivity index (χ4n) is 5.25. The molecule has 0 amide bonds. The lowest BCUT2D eigenvalue weighted by atomic mass is 9.70. The van der Waals surface area contributed by atoms with Crippen LogP contribution < -0.4 is 9.47 Å². The topological polar surface area (TPSA) is 91.9 Å². The van der Waals surface area contributed by atoms with Crippen molar-refractivity contribution in [2.75, 3.05) is 6.61 Å². The number of aliphatic imine (C=N–C) groups is 1. The van der Waals surface area contributed by atoms with E-state index in [1.807, 2.05) is 32.0 Å². The maximum atomic E-state index is 13.4. The van der Waals surface area contributed by atoms with Crippen molar-refractivity contribution in [3.63, 3.8) is 0 Å². The summed E-state index contributed by atoms with van der Waals surface area (Å²) in [6.45, 7) is 6.58. The van der Waals surface area contributed by atoms with E-state index >= 15 is 0 Å². The molecule has 1 heterocycles. The minimum atomic E-state index is -0.532. The van der Waals surface area contributed by atoms with Crippen LogP contribution in [0.1, 0.15) is 63.5 Å². The van der Waals surface area contributed by atoms with Gasteiger partial charge in [-0.1, -0.05) is 25.5 Å². The van der Waals surface area contributed by atoms with Gasteiger partial charge in [0, 0.05) is 29.3 Å². The van der Waals surface area contributed by atoms with Crippen LogP contribution in [0.2, 0.25) is 0 Å². The first kappa shape index (κ1) is 26.0. The van der Waals surface area contributed by atoms with Gasteiger partial charge in [-0.2, -0.15) is 5.26 Å². The normalized spacial score (nSPS) is 21.5. The van der Waals surface area contributed by atoms with Crippen molar-refractivity contribution in [3.8, 4) is 23.3 Å². The fourth-order valence-corrected chi connectivity index (χ4v) is 5.82. The number of allylic oxidation sites excluding steroid dienone is 2. The second-order valence-corrected chi connectivity index (χ2v) is 10.3. The van der Waals surface area contributed by atoms with Gasteiger partial charge in [0.15, 0.2) is 17.3 Å². The van der Waals surface area contributed by atoms with Crippen molar-refractivity contribution >= 4 is 27.4 Å². The average Bonchev–Trinajstić information content (AvgIpc) is 2.83. The maximum Gasteiger partial charge on any atom is 0.175 e. The number of phenolic OH excluding ortho intramolecular Hbond substituents is 1. The number of carbonyl (C=O) groups is 1. The molecule has 0 bridgehead atoms. The van der Waals surface area contributed by atoms with Gasteiger partial charge in [-0.15, -0.1) is 0 Å². The number of nitrogens with zero attached hydrogens (tertiary/aromatic N) is 2. The van der Waals surface area contributed by atoms with E-state index in [1.54, 1.807) is 18.2 Å². The third-order valence-electron chi connectivity index (χ3n) is 6.79. The molecule has 1 aliphatic heterocycles. The van der Waals surface area contributed by atoms with E-state index < -0.39 is 11.8 Å². The quantitative estimate of drug-likeness (QED) is 0.387. The predicted molar refractivity (Wildman–Crippen MR) is 142 cm³/mol. The minimum absolute atomic E-state index is 0.0921. The SMILES string of the molecule is CCCC1CC(=O)C2=C(C1)N=C(C)C(C#N)C2c1cc(Br)c(OCc2cccc(O)c2)c(OCC)c1. The molecule has 4 rings (SSSR count). The minimum Gasteiger partial charge on any atom is -0.508 e.